The Balaban J connectivity index is 1.38. The summed E-state index contributed by atoms with van der Waals surface area (Å²) in [4.78, 5) is 21.8. The van der Waals surface area contributed by atoms with Crippen molar-refractivity contribution in [2.45, 2.75) is 20.3 Å². The zero-order valence-electron chi connectivity index (χ0n) is 15.8. The number of carbonyl (C=O) groups excluding carboxylic acids is 1. The lowest BCUT2D eigenvalue weighted by molar-refractivity contribution is -0.133. The van der Waals surface area contributed by atoms with Crippen LogP contribution in [-0.4, -0.2) is 86.1 Å². The van der Waals surface area contributed by atoms with Crippen molar-refractivity contribution in [1.29, 1.82) is 0 Å². The van der Waals surface area contributed by atoms with Crippen molar-refractivity contribution in [3.05, 3.63) is 29.8 Å². The maximum Gasteiger partial charge on any atom is 0.223 e. The van der Waals surface area contributed by atoms with Gasteiger partial charge in [0.2, 0.25) is 5.91 Å². The number of hydrogen-bond acceptors (Lipinski definition) is 4. The van der Waals surface area contributed by atoms with E-state index in [1.54, 1.807) is 0 Å². The van der Waals surface area contributed by atoms with Crippen LogP contribution in [0.15, 0.2) is 24.3 Å². The summed E-state index contributed by atoms with van der Waals surface area (Å²) in [6.45, 7) is 14.4. The molecule has 138 valence electrons. The van der Waals surface area contributed by atoms with Crippen LogP contribution in [0.4, 0.5) is 5.69 Å². The zero-order chi connectivity index (χ0) is 17.6. The van der Waals surface area contributed by atoms with E-state index in [9.17, 15) is 4.79 Å². The molecule has 0 atom stereocenters. The molecule has 1 aromatic carbocycles. The highest BCUT2D eigenvalue weighted by Crippen LogP contribution is 2.18. The molecule has 2 heterocycles. The molecule has 0 radical (unpaired) electrons. The predicted octanol–water partition coefficient (Wildman–Crippen LogP) is 1.67. The third-order valence-electron chi connectivity index (χ3n) is 5.55. The van der Waals surface area contributed by atoms with E-state index >= 15 is 0 Å². The molecule has 0 aromatic heterocycles. The van der Waals surface area contributed by atoms with E-state index in [2.05, 4.69) is 57.7 Å². The van der Waals surface area contributed by atoms with Crippen LogP contribution in [0, 0.1) is 6.92 Å². The molecule has 2 saturated heterocycles. The number of aryl methyl sites for hydroxylation is 1. The highest BCUT2D eigenvalue weighted by Gasteiger charge is 2.22. The molecule has 25 heavy (non-hydrogen) atoms. The Labute approximate surface area is 152 Å². The SMILES string of the molecule is CCN1CCN(C(=O)CCN2CCN(c3cccc(C)c3)CC2)CC1. The number of piperazine rings is 2. The number of amides is 1. The van der Waals surface area contributed by atoms with E-state index in [4.69, 9.17) is 0 Å². The Kier molecular flexibility index (Phi) is 6.32. The van der Waals surface area contributed by atoms with Gasteiger partial charge in [-0.1, -0.05) is 19.1 Å². The number of anilines is 1. The van der Waals surface area contributed by atoms with Crippen molar-refractivity contribution in [2.75, 3.05) is 70.3 Å². The van der Waals surface area contributed by atoms with Crippen LogP contribution in [0.3, 0.4) is 0 Å². The van der Waals surface area contributed by atoms with Gasteiger partial charge in [0.1, 0.15) is 0 Å². The van der Waals surface area contributed by atoms with Gasteiger partial charge in [0, 0.05) is 71.0 Å². The Bertz CT molecular complexity index is 561. The zero-order valence-corrected chi connectivity index (χ0v) is 15.8. The molecular formula is C20H32N4O. The minimum Gasteiger partial charge on any atom is -0.369 e. The summed E-state index contributed by atoms with van der Waals surface area (Å²) in [5.41, 5.74) is 2.64. The first-order chi connectivity index (χ1) is 12.2. The van der Waals surface area contributed by atoms with E-state index in [0.717, 1.165) is 65.4 Å². The first-order valence-corrected chi connectivity index (χ1v) is 9.70. The highest BCUT2D eigenvalue weighted by molar-refractivity contribution is 5.76. The summed E-state index contributed by atoms with van der Waals surface area (Å²) in [7, 11) is 0. The topological polar surface area (TPSA) is 30.0 Å². The van der Waals surface area contributed by atoms with Crippen molar-refractivity contribution in [3.8, 4) is 0 Å². The molecular weight excluding hydrogens is 312 g/mol. The Morgan fingerprint density at radius 3 is 2.28 bits per heavy atom. The highest BCUT2D eigenvalue weighted by atomic mass is 16.2. The second-order valence-electron chi connectivity index (χ2n) is 7.23. The van der Waals surface area contributed by atoms with Crippen LogP contribution in [-0.2, 0) is 4.79 Å². The molecule has 5 nitrogen and oxygen atoms in total. The average Bonchev–Trinajstić information content (AvgIpc) is 2.66. The molecule has 0 spiro atoms. The van der Waals surface area contributed by atoms with Gasteiger partial charge in [0.05, 0.1) is 0 Å². The molecule has 2 aliphatic rings. The summed E-state index contributed by atoms with van der Waals surface area (Å²) in [6.07, 6.45) is 0.663. The Hall–Kier alpha value is -1.59. The second kappa shape index (κ2) is 8.68. The molecule has 1 aromatic rings. The molecule has 5 heteroatoms. The number of nitrogens with zero attached hydrogens (tertiary/aromatic N) is 4. The fourth-order valence-electron chi connectivity index (χ4n) is 3.78. The van der Waals surface area contributed by atoms with Crippen LogP contribution >= 0.6 is 0 Å². The summed E-state index contributed by atoms with van der Waals surface area (Å²) in [5, 5.41) is 0. The predicted molar refractivity (Wildman–Crippen MR) is 103 cm³/mol. The first-order valence-electron chi connectivity index (χ1n) is 9.70. The molecule has 2 fully saturated rings. The van der Waals surface area contributed by atoms with Crippen LogP contribution in [0.1, 0.15) is 18.9 Å². The summed E-state index contributed by atoms with van der Waals surface area (Å²) in [6, 6.07) is 8.73. The van der Waals surface area contributed by atoms with Gasteiger partial charge in [0.25, 0.3) is 0 Å². The fraction of sp³-hybridized carbons (Fsp3) is 0.650. The average molecular weight is 345 g/mol. The number of benzene rings is 1. The van der Waals surface area contributed by atoms with Crippen molar-refractivity contribution < 1.29 is 4.79 Å². The van der Waals surface area contributed by atoms with Crippen molar-refractivity contribution in [2.24, 2.45) is 0 Å². The van der Waals surface area contributed by atoms with Gasteiger partial charge in [-0.2, -0.15) is 0 Å². The molecule has 1 amide bonds. The van der Waals surface area contributed by atoms with Crippen molar-refractivity contribution in [3.63, 3.8) is 0 Å². The number of rotatable bonds is 5. The monoisotopic (exact) mass is 344 g/mol. The molecule has 0 unspecified atom stereocenters. The Morgan fingerprint density at radius 1 is 0.960 bits per heavy atom. The summed E-state index contributed by atoms with van der Waals surface area (Å²) >= 11 is 0. The number of hydrogen-bond donors (Lipinski definition) is 0. The smallest absolute Gasteiger partial charge is 0.223 e. The minimum absolute atomic E-state index is 0.330. The Morgan fingerprint density at radius 2 is 1.64 bits per heavy atom. The van der Waals surface area contributed by atoms with Crippen molar-refractivity contribution >= 4 is 11.6 Å². The van der Waals surface area contributed by atoms with Gasteiger partial charge in [-0.3, -0.25) is 9.69 Å². The fourth-order valence-corrected chi connectivity index (χ4v) is 3.78. The third kappa shape index (κ3) is 4.95. The van der Waals surface area contributed by atoms with Gasteiger partial charge in [-0.25, -0.2) is 0 Å². The van der Waals surface area contributed by atoms with Crippen LogP contribution in [0.5, 0.6) is 0 Å². The summed E-state index contributed by atoms with van der Waals surface area (Å²) < 4.78 is 0. The van der Waals surface area contributed by atoms with Gasteiger partial charge in [-0.05, 0) is 31.2 Å². The lowest BCUT2D eigenvalue weighted by Crippen LogP contribution is -2.50. The van der Waals surface area contributed by atoms with E-state index in [-0.39, 0.29) is 0 Å². The summed E-state index contributed by atoms with van der Waals surface area (Å²) in [5.74, 6) is 0.330. The quantitative estimate of drug-likeness (QED) is 0.813. The maximum atomic E-state index is 12.4. The number of likely N-dealkylation sites (N-methyl/N-ethyl adjacent to an activating group) is 1. The molecule has 3 rings (SSSR count). The van der Waals surface area contributed by atoms with Gasteiger partial charge >= 0.3 is 0 Å². The number of carbonyl (C=O) groups is 1. The van der Waals surface area contributed by atoms with Crippen LogP contribution in [0.25, 0.3) is 0 Å². The molecule has 0 saturated carbocycles. The van der Waals surface area contributed by atoms with E-state index in [1.807, 2.05) is 0 Å². The van der Waals surface area contributed by atoms with E-state index < -0.39 is 0 Å². The van der Waals surface area contributed by atoms with Crippen LogP contribution < -0.4 is 4.90 Å². The van der Waals surface area contributed by atoms with E-state index in [1.165, 1.54) is 11.3 Å². The third-order valence-corrected chi connectivity index (χ3v) is 5.55. The standard InChI is InChI=1S/C20H32N4O/c1-3-21-9-15-24(16-10-21)20(25)7-8-22-11-13-23(14-12-22)19-6-4-5-18(2)17-19/h4-6,17H,3,7-16H2,1-2H3. The largest absolute Gasteiger partial charge is 0.369 e. The lowest BCUT2D eigenvalue weighted by atomic mass is 10.2. The molecule has 0 N–H and O–H groups in total. The maximum absolute atomic E-state index is 12.4. The van der Waals surface area contributed by atoms with Crippen LogP contribution in [0.2, 0.25) is 0 Å². The first kappa shape index (κ1) is 18.2. The van der Waals surface area contributed by atoms with E-state index in [0.29, 0.717) is 12.3 Å². The molecule has 2 aliphatic heterocycles. The van der Waals surface area contributed by atoms with Gasteiger partial charge in [-0.15, -0.1) is 0 Å². The van der Waals surface area contributed by atoms with Gasteiger partial charge < -0.3 is 14.7 Å². The second-order valence-corrected chi connectivity index (χ2v) is 7.23. The molecule has 0 aliphatic carbocycles. The molecule has 0 bridgehead atoms. The van der Waals surface area contributed by atoms with Crippen molar-refractivity contribution in [1.82, 2.24) is 14.7 Å². The normalized spacial score (nSPS) is 20.1. The van der Waals surface area contributed by atoms with Gasteiger partial charge in [0.15, 0.2) is 0 Å². The minimum atomic E-state index is 0.330. The lowest BCUT2D eigenvalue weighted by Gasteiger charge is -2.37.